The van der Waals surface area contributed by atoms with Crippen LogP contribution >= 0.6 is 23.2 Å². The molecule has 3 nitrogen and oxygen atoms in total. The Morgan fingerprint density at radius 1 is 1.35 bits per heavy atom. The molecule has 0 radical (unpaired) electrons. The third kappa shape index (κ3) is 1.46. The van der Waals surface area contributed by atoms with E-state index in [0.717, 1.165) is 24.2 Å². The molecule has 0 fully saturated rings. The highest BCUT2D eigenvalue weighted by Crippen LogP contribution is 2.43. The molecule has 1 aromatic carbocycles. The number of benzene rings is 1. The van der Waals surface area contributed by atoms with Crippen molar-refractivity contribution in [2.45, 2.75) is 18.9 Å². The van der Waals surface area contributed by atoms with Crippen molar-refractivity contribution in [3.63, 3.8) is 0 Å². The van der Waals surface area contributed by atoms with Crippen LogP contribution in [0.25, 0.3) is 10.9 Å². The van der Waals surface area contributed by atoms with E-state index >= 15 is 0 Å². The Morgan fingerprint density at radius 2 is 2.12 bits per heavy atom. The second-order valence-electron chi connectivity index (χ2n) is 4.34. The number of aromatic hydroxyl groups is 1. The molecule has 0 aliphatic carbocycles. The molecular weight excluding hydrogens is 261 g/mol. The van der Waals surface area contributed by atoms with E-state index in [4.69, 9.17) is 23.2 Å². The van der Waals surface area contributed by atoms with Gasteiger partial charge < -0.3 is 14.8 Å². The number of rotatable bonds is 1. The molecule has 1 unspecified atom stereocenters. The van der Waals surface area contributed by atoms with Crippen LogP contribution in [0.4, 0.5) is 0 Å². The van der Waals surface area contributed by atoms with Crippen LogP contribution < -0.4 is 0 Å². The molecule has 5 heteroatoms. The average Bonchev–Trinajstić information content (AvgIpc) is 2.83. The first-order valence-electron chi connectivity index (χ1n) is 5.44. The molecule has 0 bridgehead atoms. The maximum atomic E-state index is 9.87. The third-order valence-electron chi connectivity index (χ3n) is 3.43. The van der Waals surface area contributed by atoms with Gasteiger partial charge in [0.15, 0.2) is 0 Å². The SMILES string of the molecule is OCC1CCn2c1cc1c(O)cc(Cl)c(Cl)c12. The average molecular weight is 272 g/mol. The first-order chi connectivity index (χ1) is 8.13. The second-order valence-corrected chi connectivity index (χ2v) is 5.13. The smallest absolute Gasteiger partial charge is 0.126 e. The molecule has 2 N–H and O–H groups in total. The number of nitrogens with zero attached hydrogens (tertiary/aromatic N) is 1. The summed E-state index contributed by atoms with van der Waals surface area (Å²) < 4.78 is 2.03. The van der Waals surface area contributed by atoms with Gasteiger partial charge in [-0.15, -0.1) is 0 Å². The molecule has 0 saturated carbocycles. The Labute approximate surface area is 108 Å². The van der Waals surface area contributed by atoms with E-state index in [1.165, 1.54) is 6.07 Å². The van der Waals surface area contributed by atoms with Gasteiger partial charge in [0.2, 0.25) is 0 Å². The Hall–Kier alpha value is -0.900. The maximum Gasteiger partial charge on any atom is 0.126 e. The summed E-state index contributed by atoms with van der Waals surface area (Å²) in [4.78, 5) is 0. The number of aliphatic hydroxyl groups is 1. The summed E-state index contributed by atoms with van der Waals surface area (Å²) in [5.74, 6) is 0.254. The Morgan fingerprint density at radius 3 is 2.82 bits per heavy atom. The highest BCUT2D eigenvalue weighted by atomic mass is 35.5. The lowest BCUT2D eigenvalue weighted by molar-refractivity contribution is 0.265. The topological polar surface area (TPSA) is 45.4 Å². The Kier molecular flexibility index (Phi) is 2.51. The number of hydrogen-bond acceptors (Lipinski definition) is 2. The first-order valence-corrected chi connectivity index (χ1v) is 6.20. The molecule has 1 atom stereocenters. The standard InChI is InChI=1S/C12H11Cl2NO2/c13-8-4-10(17)7-3-9-6(5-16)1-2-15(9)12(7)11(8)14/h3-4,6,16-17H,1-2,5H2. The summed E-state index contributed by atoms with van der Waals surface area (Å²) in [6.07, 6.45) is 0.894. The van der Waals surface area contributed by atoms with Crippen LogP contribution in [0.2, 0.25) is 10.0 Å². The van der Waals surface area contributed by atoms with Gasteiger partial charge in [0.25, 0.3) is 0 Å². The molecule has 0 spiro atoms. The van der Waals surface area contributed by atoms with Crippen molar-refractivity contribution < 1.29 is 10.2 Å². The summed E-state index contributed by atoms with van der Waals surface area (Å²) in [7, 11) is 0. The largest absolute Gasteiger partial charge is 0.507 e. The lowest BCUT2D eigenvalue weighted by atomic mass is 10.1. The normalized spacial score (nSPS) is 18.9. The fourth-order valence-electron chi connectivity index (χ4n) is 2.57. The number of fused-ring (bicyclic) bond motifs is 3. The summed E-state index contributed by atoms with van der Waals surface area (Å²) in [5, 5.41) is 20.7. The molecule has 0 saturated heterocycles. The van der Waals surface area contributed by atoms with E-state index in [-0.39, 0.29) is 18.3 Å². The van der Waals surface area contributed by atoms with Crippen LogP contribution in [-0.2, 0) is 6.54 Å². The number of aliphatic hydroxyl groups excluding tert-OH is 1. The van der Waals surface area contributed by atoms with Crippen LogP contribution in [0.1, 0.15) is 18.0 Å². The van der Waals surface area contributed by atoms with E-state index in [9.17, 15) is 10.2 Å². The highest BCUT2D eigenvalue weighted by molar-refractivity contribution is 6.45. The van der Waals surface area contributed by atoms with Gasteiger partial charge in [-0.2, -0.15) is 0 Å². The van der Waals surface area contributed by atoms with Crippen molar-refractivity contribution in [2.75, 3.05) is 6.61 Å². The summed E-state index contributed by atoms with van der Waals surface area (Å²) in [5.41, 5.74) is 1.78. The maximum absolute atomic E-state index is 9.87. The van der Waals surface area contributed by atoms with Gasteiger partial charge >= 0.3 is 0 Å². The summed E-state index contributed by atoms with van der Waals surface area (Å²) in [6.45, 7) is 0.909. The molecule has 17 heavy (non-hydrogen) atoms. The molecule has 1 aliphatic heterocycles. The van der Waals surface area contributed by atoms with Crippen molar-refractivity contribution in [1.82, 2.24) is 4.57 Å². The molecule has 2 heterocycles. The number of aromatic nitrogens is 1. The lowest BCUT2D eigenvalue weighted by Crippen LogP contribution is -1.98. The van der Waals surface area contributed by atoms with Gasteiger partial charge in [-0.25, -0.2) is 0 Å². The van der Waals surface area contributed by atoms with E-state index < -0.39 is 0 Å². The van der Waals surface area contributed by atoms with Crippen LogP contribution in [0, 0.1) is 0 Å². The van der Waals surface area contributed by atoms with Gasteiger partial charge in [0.1, 0.15) is 5.75 Å². The van der Waals surface area contributed by atoms with E-state index in [1.807, 2.05) is 10.6 Å². The molecule has 1 aromatic heterocycles. The second kappa shape index (κ2) is 3.80. The number of phenols is 1. The van der Waals surface area contributed by atoms with E-state index in [1.54, 1.807) is 0 Å². The molecule has 0 amide bonds. The van der Waals surface area contributed by atoms with Gasteiger partial charge in [-0.3, -0.25) is 0 Å². The molecule has 3 rings (SSSR count). The van der Waals surface area contributed by atoms with Crippen LogP contribution in [0.5, 0.6) is 5.75 Å². The number of hydrogen-bond donors (Lipinski definition) is 2. The molecule has 90 valence electrons. The fourth-order valence-corrected chi connectivity index (χ4v) is 3.02. The summed E-state index contributed by atoms with van der Waals surface area (Å²) >= 11 is 12.2. The predicted molar refractivity (Wildman–Crippen MR) is 68.1 cm³/mol. The number of aryl methyl sites for hydroxylation is 1. The van der Waals surface area contributed by atoms with E-state index in [2.05, 4.69) is 0 Å². The van der Waals surface area contributed by atoms with Crippen molar-refractivity contribution in [1.29, 1.82) is 0 Å². The lowest BCUT2D eigenvalue weighted by Gasteiger charge is -2.05. The van der Waals surface area contributed by atoms with Gasteiger partial charge in [0, 0.05) is 29.6 Å². The van der Waals surface area contributed by atoms with Crippen LogP contribution in [-0.4, -0.2) is 21.4 Å². The minimum Gasteiger partial charge on any atom is -0.507 e. The van der Waals surface area contributed by atoms with Crippen molar-refractivity contribution in [3.05, 3.63) is 27.9 Å². The van der Waals surface area contributed by atoms with E-state index in [0.29, 0.717) is 15.4 Å². The quantitative estimate of drug-likeness (QED) is 0.837. The molecular formula is C12H11Cl2NO2. The Balaban J connectivity index is 2.37. The van der Waals surface area contributed by atoms with Gasteiger partial charge in [-0.05, 0) is 12.5 Å². The fraction of sp³-hybridized carbons (Fsp3) is 0.333. The summed E-state index contributed by atoms with van der Waals surface area (Å²) in [6, 6.07) is 3.34. The molecule has 2 aromatic rings. The van der Waals surface area contributed by atoms with Gasteiger partial charge in [-0.1, -0.05) is 23.2 Å². The Bertz CT molecular complexity index is 606. The zero-order chi connectivity index (χ0) is 12.2. The molecule has 1 aliphatic rings. The van der Waals surface area contributed by atoms with Crippen molar-refractivity contribution >= 4 is 34.1 Å². The third-order valence-corrected chi connectivity index (χ3v) is 4.20. The van der Waals surface area contributed by atoms with Crippen LogP contribution in [0.15, 0.2) is 12.1 Å². The minimum atomic E-state index is 0.114. The van der Waals surface area contributed by atoms with Crippen molar-refractivity contribution in [3.8, 4) is 5.75 Å². The zero-order valence-corrected chi connectivity index (χ0v) is 10.5. The minimum absolute atomic E-state index is 0.114. The van der Waals surface area contributed by atoms with Gasteiger partial charge in [0.05, 0.1) is 22.2 Å². The first kappa shape index (κ1) is 11.2. The number of phenolic OH excluding ortho intramolecular Hbond substituents is 1. The predicted octanol–water partition coefficient (Wildman–Crippen LogP) is 3.13. The van der Waals surface area contributed by atoms with Crippen LogP contribution in [0.3, 0.4) is 0 Å². The number of halogens is 2. The monoisotopic (exact) mass is 271 g/mol. The zero-order valence-electron chi connectivity index (χ0n) is 8.95. The highest BCUT2D eigenvalue weighted by Gasteiger charge is 2.26. The van der Waals surface area contributed by atoms with Crippen molar-refractivity contribution in [2.24, 2.45) is 0 Å².